The van der Waals surface area contributed by atoms with Crippen LogP contribution in [0.5, 0.6) is 0 Å². The summed E-state index contributed by atoms with van der Waals surface area (Å²) in [6.45, 7) is 1.55. The normalized spacial score (nSPS) is 26.0. The molecule has 0 amide bonds. The zero-order valence-corrected chi connectivity index (χ0v) is 5.34. The minimum Gasteiger partial charge on any atom is -0.381 e. The number of ether oxygens (including phenoxy) is 1. The quantitative estimate of drug-likeness (QED) is 0.384. The van der Waals surface area contributed by atoms with E-state index in [4.69, 9.17) is 15.6 Å². The van der Waals surface area contributed by atoms with Crippen molar-refractivity contribution in [2.24, 2.45) is 5.92 Å². The summed E-state index contributed by atoms with van der Waals surface area (Å²) >= 11 is 0. The highest BCUT2D eigenvalue weighted by Crippen LogP contribution is 2.10. The molecule has 1 rings (SSSR count). The van der Waals surface area contributed by atoms with Crippen LogP contribution in [0.4, 0.5) is 0 Å². The fourth-order valence-electron chi connectivity index (χ4n) is 0.933. The van der Waals surface area contributed by atoms with Gasteiger partial charge < -0.3 is 4.74 Å². The Morgan fingerprint density at radius 1 is 1.67 bits per heavy atom. The summed E-state index contributed by atoms with van der Waals surface area (Å²) in [5.74, 6) is 0.370. The molecular formula is C6H12N2O+2. The monoisotopic (exact) mass is 128 g/mol. The molecule has 1 aliphatic rings. The smallest absolute Gasteiger partial charge is 0.241 e. The van der Waals surface area contributed by atoms with Gasteiger partial charge in [0, 0.05) is 6.61 Å². The summed E-state index contributed by atoms with van der Waals surface area (Å²) in [6.07, 6.45) is 2.47. The van der Waals surface area contributed by atoms with Crippen molar-refractivity contribution in [2.45, 2.75) is 6.42 Å². The zero-order chi connectivity index (χ0) is 6.69. The highest BCUT2D eigenvalue weighted by molar-refractivity contribution is 6.26. The van der Waals surface area contributed by atoms with E-state index in [0.717, 1.165) is 25.3 Å². The number of rotatable bonds is 2. The molecule has 0 spiro atoms. The molecule has 3 heteroatoms. The van der Waals surface area contributed by atoms with Gasteiger partial charge in [-0.3, -0.25) is 10.8 Å². The van der Waals surface area contributed by atoms with Crippen LogP contribution in [0, 0.1) is 5.92 Å². The van der Waals surface area contributed by atoms with Crippen LogP contribution < -0.4 is 10.8 Å². The van der Waals surface area contributed by atoms with Crippen molar-refractivity contribution in [1.82, 2.24) is 0 Å². The van der Waals surface area contributed by atoms with Crippen LogP contribution in [0.2, 0.25) is 0 Å². The predicted octanol–water partition coefficient (Wildman–Crippen LogP) is -2.95. The molecule has 3 nitrogen and oxygen atoms in total. The van der Waals surface area contributed by atoms with E-state index in [1.54, 1.807) is 0 Å². The maximum absolute atomic E-state index is 5.53. The van der Waals surface area contributed by atoms with Gasteiger partial charge in [0.1, 0.15) is 0 Å². The summed E-state index contributed by atoms with van der Waals surface area (Å²) in [5, 5.41) is 10.7. The predicted molar refractivity (Wildman–Crippen MR) is 33.8 cm³/mol. The Morgan fingerprint density at radius 3 is 2.89 bits per heavy atom. The molecule has 1 heterocycles. The topological polar surface area (TPSA) is 60.4 Å². The molecule has 9 heavy (non-hydrogen) atoms. The minimum absolute atomic E-state index is 0.370. The van der Waals surface area contributed by atoms with E-state index in [2.05, 4.69) is 0 Å². The summed E-state index contributed by atoms with van der Waals surface area (Å²) in [5.41, 5.74) is 0.757. The van der Waals surface area contributed by atoms with Crippen LogP contribution in [0.15, 0.2) is 0 Å². The molecule has 1 fully saturated rings. The highest BCUT2D eigenvalue weighted by atomic mass is 16.5. The van der Waals surface area contributed by atoms with Crippen molar-refractivity contribution < 1.29 is 15.6 Å². The average Bonchev–Trinajstić information content (AvgIpc) is 2.37. The van der Waals surface area contributed by atoms with E-state index in [1.807, 2.05) is 0 Å². The maximum Gasteiger partial charge on any atom is 0.241 e. The van der Waals surface area contributed by atoms with Crippen molar-refractivity contribution in [2.75, 3.05) is 13.2 Å². The van der Waals surface area contributed by atoms with E-state index in [1.165, 1.54) is 6.21 Å². The summed E-state index contributed by atoms with van der Waals surface area (Å²) < 4.78 is 5.10. The van der Waals surface area contributed by atoms with Crippen molar-refractivity contribution in [3.63, 3.8) is 0 Å². The molecule has 0 aromatic heterocycles. The molecule has 0 aromatic rings. The van der Waals surface area contributed by atoms with Crippen molar-refractivity contribution in [1.29, 1.82) is 0 Å². The Hall–Kier alpha value is -0.700. The minimum atomic E-state index is 0.370. The van der Waals surface area contributed by atoms with Gasteiger partial charge in [0.25, 0.3) is 0 Å². The number of hydrogen-bond acceptors (Lipinski definition) is 1. The Morgan fingerprint density at radius 2 is 2.44 bits per heavy atom. The Balaban J connectivity index is 2.41. The first-order valence-corrected chi connectivity index (χ1v) is 3.09. The molecule has 0 radical (unpaired) electrons. The lowest BCUT2D eigenvalue weighted by molar-refractivity contribution is -0.132. The van der Waals surface area contributed by atoms with Crippen molar-refractivity contribution in [3.8, 4) is 0 Å². The zero-order valence-electron chi connectivity index (χ0n) is 5.34. The van der Waals surface area contributed by atoms with Crippen LogP contribution >= 0.6 is 0 Å². The lowest BCUT2D eigenvalue weighted by atomic mass is 10.0. The summed E-state index contributed by atoms with van der Waals surface area (Å²) in [4.78, 5) is 0. The van der Waals surface area contributed by atoms with Gasteiger partial charge in [-0.15, -0.1) is 0 Å². The molecule has 0 bridgehead atoms. The molecule has 0 saturated carbocycles. The number of nitrogens with two attached hydrogens (primary N) is 2. The molecule has 1 aliphatic heterocycles. The van der Waals surface area contributed by atoms with Crippen molar-refractivity contribution in [3.05, 3.63) is 0 Å². The maximum atomic E-state index is 5.53. The molecule has 50 valence electrons. The van der Waals surface area contributed by atoms with Gasteiger partial charge in [-0.25, -0.2) is 0 Å². The average molecular weight is 128 g/mol. The molecule has 4 N–H and O–H groups in total. The van der Waals surface area contributed by atoms with Gasteiger partial charge in [0.2, 0.25) is 11.9 Å². The first-order valence-electron chi connectivity index (χ1n) is 3.09. The van der Waals surface area contributed by atoms with Gasteiger partial charge in [0.05, 0.1) is 12.5 Å². The second-order valence-electron chi connectivity index (χ2n) is 2.23. The fourth-order valence-corrected chi connectivity index (χ4v) is 0.933. The Labute approximate surface area is 54.0 Å². The van der Waals surface area contributed by atoms with E-state index >= 15 is 0 Å². The highest BCUT2D eigenvalue weighted by Gasteiger charge is 2.24. The van der Waals surface area contributed by atoms with Crippen LogP contribution in [-0.2, 0) is 4.74 Å². The molecule has 1 atom stereocenters. The second kappa shape index (κ2) is 2.73. The fraction of sp³-hybridized carbons (Fsp3) is 0.667. The van der Waals surface area contributed by atoms with Gasteiger partial charge in [-0.05, 0) is 6.42 Å². The van der Waals surface area contributed by atoms with Crippen molar-refractivity contribution >= 4 is 11.9 Å². The Kier molecular flexibility index (Phi) is 1.95. The van der Waals surface area contributed by atoms with E-state index in [0.29, 0.717) is 5.92 Å². The lowest BCUT2D eigenvalue weighted by Gasteiger charge is -1.93. The summed E-state index contributed by atoms with van der Waals surface area (Å²) in [6, 6.07) is 0. The van der Waals surface area contributed by atoms with Crippen LogP contribution in [-0.4, -0.2) is 25.1 Å². The van der Waals surface area contributed by atoms with E-state index in [9.17, 15) is 0 Å². The van der Waals surface area contributed by atoms with E-state index < -0.39 is 0 Å². The molecule has 1 saturated heterocycles. The van der Waals surface area contributed by atoms with Gasteiger partial charge in [-0.2, -0.15) is 0 Å². The Bertz CT molecular complexity index is 127. The first kappa shape index (κ1) is 6.42. The van der Waals surface area contributed by atoms with Crippen LogP contribution in [0.1, 0.15) is 6.42 Å². The second-order valence-corrected chi connectivity index (χ2v) is 2.23. The SMILES string of the molecule is [NH2+]=CC(=[NH2+])C1CCOC1. The number of hydrogen-bond donors (Lipinski definition) is 2. The molecule has 0 aromatic carbocycles. The standard InChI is InChI=1S/C6H10N2O/c7-3-6(8)5-1-2-9-4-5/h3,5,7-8H,1-2,4H2/p+2. The molecular weight excluding hydrogens is 116 g/mol. The van der Waals surface area contributed by atoms with E-state index in [-0.39, 0.29) is 0 Å². The third-order valence-electron chi connectivity index (χ3n) is 1.59. The van der Waals surface area contributed by atoms with Gasteiger partial charge in [-0.1, -0.05) is 0 Å². The first-order chi connectivity index (χ1) is 4.34. The van der Waals surface area contributed by atoms with Crippen LogP contribution in [0.3, 0.4) is 0 Å². The lowest BCUT2D eigenvalue weighted by Crippen LogP contribution is -2.52. The van der Waals surface area contributed by atoms with Crippen LogP contribution in [0.25, 0.3) is 0 Å². The van der Waals surface area contributed by atoms with Gasteiger partial charge in [0.15, 0.2) is 0 Å². The summed E-state index contributed by atoms with van der Waals surface area (Å²) in [7, 11) is 0. The largest absolute Gasteiger partial charge is 0.381 e. The molecule has 0 aliphatic carbocycles. The van der Waals surface area contributed by atoms with Gasteiger partial charge >= 0.3 is 0 Å². The third kappa shape index (κ3) is 1.36. The third-order valence-corrected chi connectivity index (χ3v) is 1.59. The molecule has 1 unspecified atom stereocenters.